The van der Waals surface area contributed by atoms with E-state index in [2.05, 4.69) is 32.0 Å². The minimum Gasteiger partial charge on any atom is -0.456 e. The lowest BCUT2D eigenvalue weighted by Gasteiger charge is -2.21. The second-order valence-corrected chi connectivity index (χ2v) is 10.3. The summed E-state index contributed by atoms with van der Waals surface area (Å²) in [5.41, 5.74) is 0.717. The molecule has 6 nitrogen and oxygen atoms in total. The zero-order chi connectivity index (χ0) is 21.5. The number of carbonyl (C=O) groups is 1. The molecule has 4 rings (SSSR count). The van der Waals surface area contributed by atoms with E-state index in [9.17, 15) is 14.3 Å². The number of nitrogens with one attached hydrogen (secondary N) is 2. The van der Waals surface area contributed by atoms with Crippen LogP contribution in [0.4, 0.5) is 0 Å². The lowest BCUT2D eigenvalue weighted by Crippen LogP contribution is -2.49. The highest BCUT2D eigenvalue weighted by molar-refractivity contribution is 9.10. The van der Waals surface area contributed by atoms with Crippen molar-refractivity contribution >= 4 is 54.8 Å². The van der Waals surface area contributed by atoms with Gasteiger partial charge in [0.1, 0.15) is 27.7 Å². The fourth-order valence-electron chi connectivity index (χ4n) is 3.43. The van der Waals surface area contributed by atoms with E-state index in [1.165, 1.54) is 0 Å². The molecule has 0 saturated heterocycles. The molecule has 2 atom stereocenters. The summed E-state index contributed by atoms with van der Waals surface area (Å²) in [5, 5.41) is 13.9. The van der Waals surface area contributed by atoms with Gasteiger partial charge >= 0.3 is 0 Å². The van der Waals surface area contributed by atoms with Crippen LogP contribution in [0.2, 0.25) is 0 Å². The second-order valence-electron chi connectivity index (χ2n) is 8.15. The van der Waals surface area contributed by atoms with Gasteiger partial charge in [-0.15, -0.1) is 0 Å². The first-order valence-corrected chi connectivity index (χ1v) is 11.8. The normalized spacial score (nSPS) is 17.0. The summed E-state index contributed by atoms with van der Waals surface area (Å²) in [6.07, 6.45) is 1.84. The molecule has 1 amide bonds. The van der Waals surface area contributed by atoms with E-state index in [-0.39, 0.29) is 11.8 Å². The summed E-state index contributed by atoms with van der Waals surface area (Å²) in [5.74, 6) is -0.0602. The van der Waals surface area contributed by atoms with Gasteiger partial charge in [-0.3, -0.25) is 4.79 Å². The summed E-state index contributed by atoms with van der Waals surface area (Å²) in [7, 11) is -1.60. The minimum absolute atomic E-state index is 0.222. The molecule has 3 aromatic rings. The molecule has 8 heteroatoms. The van der Waals surface area contributed by atoms with Gasteiger partial charge in [0.2, 0.25) is 5.91 Å². The van der Waals surface area contributed by atoms with E-state index >= 15 is 0 Å². The van der Waals surface area contributed by atoms with Gasteiger partial charge in [-0.2, -0.15) is 5.26 Å². The maximum absolute atomic E-state index is 13.1. The Kier molecular flexibility index (Phi) is 5.71. The highest BCUT2D eigenvalue weighted by Gasteiger charge is 2.45. The largest absolute Gasteiger partial charge is 0.456 e. The van der Waals surface area contributed by atoms with Crippen LogP contribution in [0.15, 0.2) is 50.2 Å². The molecule has 1 saturated carbocycles. The van der Waals surface area contributed by atoms with E-state index in [0.29, 0.717) is 29.7 Å². The maximum atomic E-state index is 13.1. The Bertz CT molecular complexity index is 1190. The van der Waals surface area contributed by atoms with Crippen LogP contribution in [0, 0.1) is 17.2 Å². The molecule has 1 aromatic heterocycles. The van der Waals surface area contributed by atoms with E-state index in [0.717, 1.165) is 20.8 Å². The molecule has 1 heterocycles. The quantitative estimate of drug-likeness (QED) is 0.510. The van der Waals surface area contributed by atoms with Gasteiger partial charge in [-0.1, -0.05) is 29.8 Å². The number of hydrogen-bond donors (Lipinski definition) is 2. The van der Waals surface area contributed by atoms with Gasteiger partial charge in [0.25, 0.3) is 0 Å². The molecule has 1 unspecified atom stereocenters. The third-order valence-corrected chi connectivity index (χ3v) is 6.89. The average Bonchev–Trinajstić information content (AvgIpc) is 3.39. The fraction of sp³-hybridized carbons (Fsp3) is 0.364. The van der Waals surface area contributed by atoms with Crippen molar-refractivity contribution in [3.63, 3.8) is 0 Å². The van der Waals surface area contributed by atoms with E-state index < -0.39 is 22.6 Å². The first kappa shape index (κ1) is 21.0. The zero-order valence-corrected chi connectivity index (χ0v) is 19.1. The van der Waals surface area contributed by atoms with Crippen LogP contribution in [0.3, 0.4) is 0 Å². The number of fused-ring (bicyclic) bond motifs is 3. The second kappa shape index (κ2) is 8.14. The van der Waals surface area contributed by atoms with E-state index in [4.69, 9.17) is 4.42 Å². The highest BCUT2D eigenvalue weighted by Crippen LogP contribution is 2.35. The van der Waals surface area contributed by atoms with Crippen molar-refractivity contribution in [3.05, 3.63) is 40.9 Å². The Morgan fingerprint density at radius 1 is 1.23 bits per heavy atom. The summed E-state index contributed by atoms with van der Waals surface area (Å²) < 4.78 is 22.8. The number of rotatable bonds is 7. The van der Waals surface area contributed by atoms with Gasteiger partial charge in [0.05, 0.1) is 17.0 Å². The molecule has 0 bridgehead atoms. The smallest absolute Gasteiger partial charge is 0.239 e. The number of furan rings is 1. The van der Waals surface area contributed by atoms with Crippen molar-refractivity contribution in [2.45, 2.75) is 49.6 Å². The standard InChI is InChI=1S/C22H22BrN3O3S/c1-13(2)9-18(21(27)25-22(12-24)7-8-22)26-30(28)15-4-6-20-17(11-15)16-10-14(23)3-5-19(16)29-20/h3-6,10-11,13,18,26H,7-9H2,1-2H3,(H,25,27)/t18-,30?/m0/s1. The molecule has 2 N–H and O–H groups in total. The molecule has 156 valence electrons. The van der Waals surface area contributed by atoms with Gasteiger partial charge in [0, 0.05) is 15.2 Å². The predicted octanol–water partition coefficient (Wildman–Crippen LogP) is 4.55. The number of nitriles is 1. The van der Waals surface area contributed by atoms with Crippen molar-refractivity contribution < 1.29 is 13.4 Å². The molecule has 30 heavy (non-hydrogen) atoms. The fourth-order valence-corrected chi connectivity index (χ4v) is 4.81. The predicted molar refractivity (Wildman–Crippen MR) is 120 cm³/mol. The third kappa shape index (κ3) is 4.29. The number of amides is 1. The van der Waals surface area contributed by atoms with Gasteiger partial charge < -0.3 is 9.73 Å². The molecule has 2 aromatic carbocycles. The number of hydrogen-bond acceptors (Lipinski definition) is 4. The molecule has 1 aliphatic carbocycles. The molecular weight excluding hydrogens is 466 g/mol. The van der Waals surface area contributed by atoms with E-state index in [1.807, 2.05) is 38.1 Å². The monoisotopic (exact) mass is 487 g/mol. The summed E-state index contributed by atoms with van der Waals surface area (Å²) in [6, 6.07) is 12.6. The SMILES string of the molecule is CC(C)C[C@H](NS(=O)c1ccc2oc3ccc(Br)cc3c2c1)C(=O)NC1(C#N)CC1. The van der Waals surface area contributed by atoms with Crippen LogP contribution in [0.25, 0.3) is 21.9 Å². The summed E-state index contributed by atoms with van der Waals surface area (Å²) >= 11 is 3.48. The lowest BCUT2D eigenvalue weighted by atomic mass is 10.0. The Morgan fingerprint density at radius 2 is 1.90 bits per heavy atom. The third-order valence-electron chi connectivity index (χ3n) is 5.22. The van der Waals surface area contributed by atoms with Crippen LogP contribution in [0.1, 0.15) is 33.1 Å². The van der Waals surface area contributed by atoms with Crippen molar-refractivity contribution in [2.24, 2.45) is 5.92 Å². The Morgan fingerprint density at radius 3 is 2.53 bits per heavy atom. The minimum atomic E-state index is -1.60. The van der Waals surface area contributed by atoms with E-state index in [1.54, 1.807) is 12.1 Å². The molecule has 0 aliphatic heterocycles. The van der Waals surface area contributed by atoms with Gasteiger partial charge in [0.15, 0.2) is 0 Å². The Balaban J connectivity index is 1.59. The molecule has 0 radical (unpaired) electrons. The topological polar surface area (TPSA) is 95.1 Å². The molecule has 1 fully saturated rings. The molecule has 0 spiro atoms. The first-order valence-electron chi connectivity index (χ1n) is 9.83. The maximum Gasteiger partial charge on any atom is 0.239 e. The molecular formula is C22H22BrN3O3S. The van der Waals surface area contributed by atoms with Crippen molar-refractivity contribution in [1.82, 2.24) is 10.0 Å². The number of nitrogens with zero attached hydrogens (tertiary/aromatic N) is 1. The number of carbonyl (C=O) groups excluding carboxylic acids is 1. The number of halogens is 1. The van der Waals surface area contributed by atoms with Crippen LogP contribution < -0.4 is 10.0 Å². The van der Waals surface area contributed by atoms with Crippen LogP contribution in [-0.4, -0.2) is 21.7 Å². The summed E-state index contributed by atoms with van der Waals surface area (Å²) in [4.78, 5) is 13.3. The Labute approximate surface area is 185 Å². The first-order chi connectivity index (χ1) is 14.3. The Hall–Kier alpha value is -2.21. The molecule has 1 aliphatic rings. The highest BCUT2D eigenvalue weighted by atomic mass is 79.9. The lowest BCUT2D eigenvalue weighted by molar-refractivity contribution is -0.123. The van der Waals surface area contributed by atoms with Crippen LogP contribution in [-0.2, 0) is 15.8 Å². The zero-order valence-electron chi connectivity index (χ0n) is 16.7. The van der Waals surface area contributed by atoms with Crippen molar-refractivity contribution in [1.29, 1.82) is 5.26 Å². The van der Waals surface area contributed by atoms with Crippen LogP contribution in [0.5, 0.6) is 0 Å². The van der Waals surface area contributed by atoms with Gasteiger partial charge in [-0.25, -0.2) is 8.93 Å². The van der Waals surface area contributed by atoms with Crippen LogP contribution >= 0.6 is 15.9 Å². The number of benzene rings is 2. The van der Waals surface area contributed by atoms with Gasteiger partial charge in [-0.05, 0) is 61.6 Å². The average molecular weight is 488 g/mol. The van der Waals surface area contributed by atoms with Crippen molar-refractivity contribution in [2.75, 3.05) is 0 Å². The van der Waals surface area contributed by atoms with Crippen molar-refractivity contribution in [3.8, 4) is 6.07 Å². The summed E-state index contributed by atoms with van der Waals surface area (Å²) in [6.45, 7) is 4.01.